The van der Waals surface area contributed by atoms with Crippen molar-refractivity contribution >= 4 is 21.8 Å². The monoisotopic (exact) mass is 574 g/mol. The van der Waals surface area contributed by atoms with Gasteiger partial charge in [-0.15, -0.1) is 0 Å². The van der Waals surface area contributed by atoms with Crippen LogP contribution in [0, 0.1) is 11.3 Å². The summed E-state index contributed by atoms with van der Waals surface area (Å²) < 4.78 is 2.33. The zero-order valence-corrected chi connectivity index (χ0v) is 24.3. The first-order valence-corrected chi connectivity index (χ1v) is 14.9. The number of nitriles is 1. The van der Waals surface area contributed by atoms with Crippen molar-refractivity contribution in [2.24, 2.45) is 0 Å². The van der Waals surface area contributed by atoms with Crippen LogP contribution in [-0.2, 0) is 0 Å². The Morgan fingerprint density at radius 1 is 0.422 bits per heavy atom. The SMILES string of the molecule is N#Cc1c(-c2ccccc2)nc(-c2ccc(-c3ccc(-n4c5ccccc5c5ccccc54)cc3)cc2)nc1-c1ccccc1. The lowest BCUT2D eigenvalue weighted by Gasteiger charge is -2.13. The van der Waals surface area contributed by atoms with Crippen molar-refractivity contribution in [1.29, 1.82) is 5.26 Å². The summed E-state index contributed by atoms with van der Waals surface area (Å²) in [4.78, 5) is 9.85. The summed E-state index contributed by atoms with van der Waals surface area (Å²) in [5.41, 5.74) is 10.1. The molecule has 0 fully saturated rings. The van der Waals surface area contributed by atoms with E-state index >= 15 is 0 Å². The van der Waals surface area contributed by atoms with Crippen LogP contribution in [0.4, 0.5) is 0 Å². The molecule has 4 heteroatoms. The quantitative estimate of drug-likeness (QED) is 0.205. The molecule has 4 nitrogen and oxygen atoms in total. The third-order valence-corrected chi connectivity index (χ3v) is 8.30. The highest BCUT2D eigenvalue weighted by molar-refractivity contribution is 6.09. The van der Waals surface area contributed by atoms with E-state index in [1.165, 1.54) is 21.8 Å². The maximum Gasteiger partial charge on any atom is 0.160 e. The summed E-state index contributed by atoms with van der Waals surface area (Å²) in [6, 6.07) is 56.2. The first kappa shape index (κ1) is 26.3. The Morgan fingerprint density at radius 2 is 0.844 bits per heavy atom. The molecule has 0 N–H and O–H groups in total. The second-order valence-electron chi connectivity index (χ2n) is 11.0. The molecule has 0 atom stereocenters. The van der Waals surface area contributed by atoms with Crippen molar-refractivity contribution in [2.45, 2.75) is 0 Å². The first-order valence-electron chi connectivity index (χ1n) is 14.9. The Kier molecular flexibility index (Phi) is 6.48. The van der Waals surface area contributed by atoms with Gasteiger partial charge in [0.15, 0.2) is 5.82 Å². The fraction of sp³-hybridized carbons (Fsp3) is 0. The summed E-state index contributed by atoms with van der Waals surface area (Å²) in [6.07, 6.45) is 0. The standard InChI is InChI=1S/C41H26N4/c42-27-36-39(30-11-3-1-4-12-30)43-41(44-40(36)31-13-5-2-6-14-31)32-21-19-28(20-22-32)29-23-25-33(26-24-29)45-37-17-9-7-15-34(37)35-16-8-10-18-38(35)45/h1-26H. The van der Waals surface area contributed by atoms with E-state index in [4.69, 9.17) is 9.97 Å². The van der Waals surface area contributed by atoms with E-state index in [1.54, 1.807) is 0 Å². The van der Waals surface area contributed by atoms with Crippen molar-refractivity contribution in [3.8, 4) is 56.8 Å². The summed E-state index contributed by atoms with van der Waals surface area (Å²) in [6.45, 7) is 0. The summed E-state index contributed by atoms with van der Waals surface area (Å²) in [5, 5.41) is 12.7. The molecule has 0 saturated carbocycles. The van der Waals surface area contributed by atoms with E-state index in [2.05, 4.69) is 108 Å². The Bertz CT molecular complexity index is 2230. The second-order valence-corrected chi connectivity index (χ2v) is 11.0. The van der Waals surface area contributed by atoms with Gasteiger partial charge in [-0.05, 0) is 35.4 Å². The first-order chi connectivity index (χ1) is 22.3. The van der Waals surface area contributed by atoms with Gasteiger partial charge >= 0.3 is 0 Å². The van der Waals surface area contributed by atoms with Gasteiger partial charge in [0.25, 0.3) is 0 Å². The van der Waals surface area contributed by atoms with Crippen LogP contribution in [0.1, 0.15) is 5.56 Å². The van der Waals surface area contributed by atoms with E-state index in [1.807, 2.05) is 60.7 Å². The molecule has 0 aliphatic carbocycles. The van der Waals surface area contributed by atoms with Gasteiger partial charge in [0.2, 0.25) is 0 Å². The fourth-order valence-corrected chi connectivity index (χ4v) is 6.12. The van der Waals surface area contributed by atoms with Crippen LogP contribution >= 0.6 is 0 Å². The average molecular weight is 575 g/mol. The van der Waals surface area contributed by atoms with Gasteiger partial charge in [0.05, 0.1) is 22.4 Å². The van der Waals surface area contributed by atoms with Crippen LogP contribution in [0.25, 0.3) is 72.5 Å². The van der Waals surface area contributed by atoms with Gasteiger partial charge in [0, 0.05) is 33.2 Å². The van der Waals surface area contributed by atoms with Crippen LogP contribution in [0.2, 0.25) is 0 Å². The minimum absolute atomic E-state index is 0.469. The third kappa shape index (κ3) is 4.64. The molecule has 8 rings (SSSR count). The summed E-state index contributed by atoms with van der Waals surface area (Å²) >= 11 is 0. The molecule has 2 aromatic heterocycles. The Hall–Kier alpha value is -6.31. The van der Waals surface area contributed by atoms with Gasteiger partial charge < -0.3 is 4.57 Å². The predicted molar refractivity (Wildman–Crippen MR) is 183 cm³/mol. The molecule has 2 heterocycles. The molecular formula is C41H26N4. The predicted octanol–water partition coefficient (Wildman–Crippen LogP) is 10.1. The number of benzene rings is 6. The number of fused-ring (bicyclic) bond motifs is 3. The smallest absolute Gasteiger partial charge is 0.160 e. The van der Waals surface area contributed by atoms with Crippen LogP contribution in [0.3, 0.4) is 0 Å². The lowest BCUT2D eigenvalue weighted by Crippen LogP contribution is -2.01. The highest BCUT2D eigenvalue weighted by Crippen LogP contribution is 2.34. The third-order valence-electron chi connectivity index (χ3n) is 8.30. The molecule has 210 valence electrons. The van der Waals surface area contributed by atoms with Crippen LogP contribution in [-0.4, -0.2) is 14.5 Å². The van der Waals surface area contributed by atoms with Gasteiger partial charge in [-0.3, -0.25) is 0 Å². The zero-order chi connectivity index (χ0) is 30.2. The number of nitrogens with zero attached hydrogens (tertiary/aromatic N) is 4. The second kappa shape index (κ2) is 11.1. The molecule has 0 spiro atoms. The molecule has 0 radical (unpaired) electrons. The van der Waals surface area contributed by atoms with Crippen LogP contribution in [0.5, 0.6) is 0 Å². The summed E-state index contributed by atoms with van der Waals surface area (Å²) in [5.74, 6) is 0.583. The highest BCUT2D eigenvalue weighted by atomic mass is 15.0. The van der Waals surface area contributed by atoms with Crippen molar-refractivity contribution in [3.63, 3.8) is 0 Å². The molecule has 0 aliphatic heterocycles. The van der Waals surface area contributed by atoms with Crippen LogP contribution in [0.15, 0.2) is 158 Å². The molecule has 8 aromatic rings. The molecule has 6 aromatic carbocycles. The molecule has 0 amide bonds. The van der Waals surface area contributed by atoms with Crippen LogP contribution < -0.4 is 0 Å². The van der Waals surface area contributed by atoms with Gasteiger partial charge in [-0.1, -0.05) is 133 Å². The minimum atomic E-state index is 0.469. The number of hydrogen-bond donors (Lipinski definition) is 0. The number of rotatable bonds is 5. The van der Waals surface area contributed by atoms with Crippen molar-refractivity contribution < 1.29 is 0 Å². The summed E-state index contributed by atoms with van der Waals surface area (Å²) in [7, 11) is 0. The molecule has 0 unspecified atom stereocenters. The van der Waals surface area contributed by atoms with E-state index in [0.29, 0.717) is 22.8 Å². The van der Waals surface area contributed by atoms with E-state index in [0.717, 1.165) is 33.5 Å². The Balaban J connectivity index is 1.17. The molecular weight excluding hydrogens is 548 g/mol. The maximum atomic E-state index is 10.2. The molecule has 0 bridgehead atoms. The zero-order valence-electron chi connectivity index (χ0n) is 24.3. The average Bonchev–Trinajstić information content (AvgIpc) is 3.46. The fourth-order valence-electron chi connectivity index (χ4n) is 6.12. The van der Waals surface area contributed by atoms with E-state index < -0.39 is 0 Å². The Morgan fingerprint density at radius 3 is 1.33 bits per heavy atom. The largest absolute Gasteiger partial charge is 0.309 e. The van der Waals surface area contributed by atoms with E-state index in [-0.39, 0.29) is 0 Å². The number of hydrogen-bond acceptors (Lipinski definition) is 3. The molecule has 0 aliphatic rings. The van der Waals surface area contributed by atoms with Gasteiger partial charge in [0.1, 0.15) is 11.6 Å². The lowest BCUT2D eigenvalue weighted by atomic mass is 9.99. The van der Waals surface area contributed by atoms with Crippen molar-refractivity contribution in [3.05, 3.63) is 163 Å². The normalized spacial score (nSPS) is 11.1. The maximum absolute atomic E-state index is 10.2. The van der Waals surface area contributed by atoms with E-state index in [9.17, 15) is 5.26 Å². The number of para-hydroxylation sites is 2. The van der Waals surface area contributed by atoms with Gasteiger partial charge in [-0.25, -0.2) is 9.97 Å². The van der Waals surface area contributed by atoms with Gasteiger partial charge in [-0.2, -0.15) is 5.26 Å². The minimum Gasteiger partial charge on any atom is -0.309 e. The lowest BCUT2D eigenvalue weighted by molar-refractivity contribution is 1.17. The topological polar surface area (TPSA) is 54.5 Å². The molecule has 45 heavy (non-hydrogen) atoms. The van der Waals surface area contributed by atoms with Crippen molar-refractivity contribution in [2.75, 3.05) is 0 Å². The Labute approximate surface area is 261 Å². The van der Waals surface area contributed by atoms with Crippen molar-refractivity contribution in [1.82, 2.24) is 14.5 Å². The molecule has 0 saturated heterocycles. The number of aromatic nitrogens is 3. The highest BCUT2D eigenvalue weighted by Gasteiger charge is 2.18.